The first kappa shape index (κ1) is 23.9. The van der Waals surface area contributed by atoms with E-state index in [1.807, 2.05) is 0 Å². The second-order valence-corrected chi connectivity index (χ2v) is 6.83. The first-order valence-corrected chi connectivity index (χ1v) is 8.92. The van der Waals surface area contributed by atoms with Gasteiger partial charge >= 0.3 is 0 Å². The molecule has 0 aromatic heterocycles. The van der Waals surface area contributed by atoms with Crippen molar-refractivity contribution in [1.29, 1.82) is 0 Å². The zero-order valence-electron chi connectivity index (χ0n) is 15.1. The molecule has 2 rings (SSSR count). The number of hydrogen-bond acceptors (Lipinski definition) is 4. The summed E-state index contributed by atoms with van der Waals surface area (Å²) in [5, 5.41) is 6.36. The Morgan fingerprint density at radius 2 is 1.83 bits per heavy atom. The van der Waals surface area contributed by atoms with Gasteiger partial charge < -0.3 is 20.3 Å². The number of carbonyl (C=O) groups excluding carboxylic acids is 1. The van der Waals surface area contributed by atoms with E-state index in [1.165, 1.54) is 32.1 Å². The fourth-order valence-corrected chi connectivity index (χ4v) is 3.75. The minimum Gasteiger partial charge on any atom is -0.368 e. The van der Waals surface area contributed by atoms with Crippen molar-refractivity contribution >= 4 is 30.7 Å². The lowest BCUT2D eigenvalue weighted by atomic mass is 9.91. The zero-order chi connectivity index (χ0) is 15.8. The Kier molecular flexibility index (Phi) is 12.3. The molecule has 1 aliphatic carbocycles. The molecular weight excluding hydrogens is 349 g/mol. The molecule has 2 aliphatic rings. The highest BCUT2D eigenvalue weighted by Gasteiger charge is 2.39. The van der Waals surface area contributed by atoms with Gasteiger partial charge in [-0.3, -0.25) is 4.79 Å². The highest BCUT2D eigenvalue weighted by atomic mass is 35.5. The summed E-state index contributed by atoms with van der Waals surface area (Å²) in [4.78, 5) is 14.9. The normalized spacial score (nSPS) is 20.8. The Morgan fingerprint density at radius 3 is 2.42 bits per heavy atom. The topological polar surface area (TPSA) is 53.6 Å². The summed E-state index contributed by atoms with van der Waals surface area (Å²) in [5.74, 6) is 0.0665. The predicted molar refractivity (Wildman–Crippen MR) is 103 cm³/mol. The van der Waals surface area contributed by atoms with Crippen LogP contribution < -0.4 is 10.6 Å². The van der Waals surface area contributed by atoms with Gasteiger partial charge in [-0.2, -0.15) is 0 Å². The fourth-order valence-electron chi connectivity index (χ4n) is 3.75. The summed E-state index contributed by atoms with van der Waals surface area (Å²) in [5.41, 5.74) is -0.611. The monoisotopic (exact) mass is 383 g/mol. The first-order valence-electron chi connectivity index (χ1n) is 8.92. The van der Waals surface area contributed by atoms with Gasteiger partial charge in [0.1, 0.15) is 5.60 Å². The molecule has 2 fully saturated rings. The van der Waals surface area contributed by atoms with Crippen LogP contribution in [-0.4, -0.2) is 62.8 Å². The molecule has 1 saturated carbocycles. The van der Waals surface area contributed by atoms with E-state index in [1.54, 1.807) is 7.11 Å². The molecule has 5 nitrogen and oxygen atoms in total. The van der Waals surface area contributed by atoms with Crippen LogP contribution in [0.2, 0.25) is 0 Å². The van der Waals surface area contributed by atoms with Crippen molar-refractivity contribution in [3.8, 4) is 0 Å². The number of amides is 1. The second kappa shape index (κ2) is 12.3. The first-order chi connectivity index (χ1) is 10.7. The molecule has 1 heterocycles. The van der Waals surface area contributed by atoms with Gasteiger partial charge in [-0.1, -0.05) is 19.3 Å². The SMILES string of the molecule is COC1(C(=O)NCCCN(C)C2CCCCC2)CCNCC1.Cl.Cl. The lowest BCUT2D eigenvalue weighted by Crippen LogP contribution is -2.54. The van der Waals surface area contributed by atoms with Crippen LogP contribution in [0.1, 0.15) is 51.4 Å². The third-order valence-corrected chi connectivity index (χ3v) is 5.39. The van der Waals surface area contributed by atoms with E-state index in [4.69, 9.17) is 4.74 Å². The van der Waals surface area contributed by atoms with E-state index < -0.39 is 5.60 Å². The molecule has 7 heteroatoms. The fraction of sp³-hybridized carbons (Fsp3) is 0.941. The second-order valence-electron chi connectivity index (χ2n) is 6.83. The van der Waals surface area contributed by atoms with Gasteiger partial charge in [-0.05, 0) is 58.8 Å². The number of nitrogens with one attached hydrogen (secondary N) is 2. The average molecular weight is 384 g/mol. The zero-order valence-corrected chi connectivity index (χ0v) is 16.8. The lowest BCUT2D eigenvalue weighted by Gasteiger charge is -2.35. The number of methoxy groups -OCH3 is 1. The molecule has 0 aromatic rings. The van der Waals surface area contributed by atoms with Crippen molar-refractivity contribution in [3.05, 3.63) is 0 Å². The molecule has 0 atom stereocenters. The summed E-state index contributed by atoms with van der Waals surface area (Å²) >= 11 is 0. The van der Waals surface area contributed by atoms with Crippen molar-refractivity contribution in [1.82, 2.24) is 15.5 Å². The minimum atomic E-state index is -0.611. The van der Waals surface area contributed by atoms with Crippen LogP contribution >= 0.6 is 24.8 Å². The van der Waals surface area contributed by atoms with E-state index in [0.717, 1.165) is 51.5 Å². The Bertz CT molecular complexity index is 347. The van der Waals surface area contributed by atoms with Crippen LogP contribution in [0.4, 0.5) is 0 Å². The van der Waals surface area contributed by atoms with Crippen molar-refractivity contribution < 1.29 is 9.53 Å². The van der Waals surface area contributed by atoms with Crippen LogP contribution in [0.3, 0.4) is 0 Å². The molecule has 1 aliphatic heterocycles. The lowest BCUT2D eigenvalue weighted by molar-refractivity contribution is -0.146. The highest BCUT2D eigenvalue weighted by Crippen LogP contribution is 2.23. The van der Waals surface area contributed by atoms with Crippen molar-refractivity contribution in [2.75, 3.05) is 40.3 Å². The molecule has 0 radical (unpaired) electrons. The standard InChI is InChI=1S/C17H33N3O2.2ClH/c1-20(15-7-4-3-5-8-15)14-6-11-19-16(21)17(22-2)9-12-18-13-10-17;;/h15,18H,3-14H2,1-2H3,(H,19,21);2*1H. The van der Waals surface area contributed by atoms with E-state index in [2.05, 4.69) is 22.6 Å². The maximum atomic E-state index is 12.4. The molecule has 0 spiro atoms. The van der Waals surface area contributed by atoms with Gasteiger partial charge in [0, 0.05) is 19.7 Å². The molecule has 2 N–H and O–H groups in total. The number of hydrogen-bond donors (Lipinski definition) is 2. The van der Waals surface area contributed by atoms with Gasteiger partial charge in [0.25, 0.3) is 5.91 Å². The van der Waals surface area contributed by atoms with Crippen molar-refractivity contribution in [2.45, 2.75) is 63.0 Å². The number of carbonyl (C=O) groups is 1. The van der Waals surface area contributed by atoms with E-state index in [9.17, 15) is 4.79 Å². The third-order valence-electron chi connectivity index (χ3n) is 5.39. The van der Waals surface area contributed by atoms with Crippen LogP contribution in [0.25, 0.3) is 0 Å². The number of rotatable bonds is 7. The number of nitrogens with zero attached hydrogens (tertiary/aromatic N) is 1. The molecular formula is C17H35Cl2N3O2. The maximum absolute atomic E-state index is 12.4. The number of piperidine rings is 1. The van der Waals surface area contributed by atoms with E-state index in [-0.39, 0.29) is 30.7 Å². The van der Waals surface area contributed by atoms with E-state index in [0.29, 0.717) is 0 Å². The predicted octanol–water partition coefficient (Wildman–Crippen LogP) is 2.37. The molecule has 0 aromatic carbocycles. The summed E-state index contributed by atoms with van der Waals surface area (Å²) in [6, 6.07) is 0.749. The number of ether oxygens (including phenoxy) is 1. The average Bonchev–Trinajstić information content (AvgIpc) is 2.59. The molecule has 1 amide bonds. The summed E-state index contributed by atoms with van der Waals surface area (Å²) in [7, 11) is 3.88. The van der Waals surface area contributed by atoms with Gasteiger partial charge in [0.2, 0.25) is 0 Å². The largest absolute Gasteiger partial charge is 0.368 e. The molecule has 144 valence electrons. The van der Waals surface area contributed by atoms with Gasteiger partial charge in [0.15, 0.2) is 0 Å². The Morgan fingerprint density at radius 1 is 1.21 bits per heavy atom. The maximum Gasteiger partial charge on any atom is 0.252 e. The Labute approximate surface area is 159 Å². The van der Waals surface area contributed by atoms with Crippen LogP contribution in [-0.2, 0) is 9.53 Å². The quantitative estimate of drug-likeness (QED) is 0.662. The van der Waals surface area contributed by atoms with Crippen LogP contribution in [0.5, 0.6) is 0 Å². The van der Waals surface area contributed by atoms with Crippen LogP contribution in [0, 0.1) is 0 Å². The Hall–Kier alpha value is -0.0700. The van der Waals surface area contributed by atoms with Crippen LogP contribution in [0.15, 0.2) is 0 Å². The Balaban J connectivity index is 0.00000264. The summed E-state index contributed by atoms with van der Waals surface area (Å²) in [6.45, 7) is 3.51. The minimum absolute atomic E-state index is 0. The smallest absolute Gasteiger partial charge is 0.252 e. The summed E-state index contributed by atoms with van der Waals surface area (Å²) in [6.07, 6.45) is 9.34. The molecule has 0 unspecified atom stereocenters. The third kappa shape index (κ3) is 6.68. The van der Waals surface area contributed by atoms with Gasteiger partial charge in [-0.15, -0.1) is 24.8 Å². The van der Waals surface area contributed by atoms with Crippen molar-refractivity contribution in [3.63, 3.8) is 0 Å². The van der Waals surface area contributed by atoms with E-state index >= 15 is 0 Å². The molecule has 1 saturated heterocycles. The van der Waals surface area contributed by atoms with Crippen molar-refractivity contribution in [2.24, 2.45) is 0 Å². The summed E-state index contributed by atoms with van der Waals surface area (Å²) < 4.78 is 5.55. The van der Waals surface area contributed by atoms with Gasteiger partial charge in [-0.25, -0.2) is 0 Å². The van der Waals surface area contributed by atoms with Gasteiger partial charge in [0.05, 0.1) is 0 Å². The highest BCUT2D eigenvalue weighted by molar-refractivity contribution is 5.86. The molecule has 24 heavy (non-hydrogen) atoms. The number of halogens is 2. The molecule has 0 bridgehead atoms.